The first-order valence-corrected chi connectivity index (χ1v) is 15.3. The number of rotatable bonds is 9. The van der Waals surface area contributed by atoms with E-state index in [4.69, 9.17) is 20.6 Å². The van der Waals surface area contributed by atoms with E-state index in [-0.39, 0.29) is 67.0 Å². The van der Waals surface area contributed by atoms with Gasteiger partial charge >= 0.3 is 12.2 Å². The SMILES string of the molecule is COC/C=C/C(=O)N1CCN(c2nc(OC[C@@H]3CC(F)(F)CN3C)nc3c2CCN(c2c(C=N)c(N)cc(C)c2C(F)(F)F)C3)CC1. The van der Waals surface area contributed by atoms with Gasteiger partial charge in [0.25, 0.3) is 5.92 Å². The Bertz CT molecular complexity index is 1530. The molecule has 2 fully saturated rings. The molecule has 1 aromatic heterocycles. The molecule has 4 heterocycles. The molecule has 0 bridgehead atoms. The maximum atomic E-state index is 14.4. The maximum absolute atomic E-state index is 14.4. The second-order valence-electron chi connectivity index (χ2n) is 12.1. The lowest BCUT2D eigenvalue weighted by atomic mass is 9.96. The molecule has 0 saturated carbocycles. The summed E-state index contributed by atoms with van der Waals surface area (Å²) in [5, 5.41) is 7.89. The van der Waals surface area contributed by atoms with Crippen molar-refractivity contribution in [3.8, 4) is 6.01 Å². The zero-order chi connectivity index (χ0) is 34.1. The standard InChI is InChI=1S/C31H39F5N8O3/c1-19-13-23(38)22(15-37)27(26(19)31(34,35)36)44-7-6-21-24(16-44)39-29(47-17-20-14-30(32,33)18-41(20)2)40-28(21)43-10-8-42(9-11-43)25(45)5-4-12-46-3/h4-5,13,15,20,37H,6-12,14,16-18,38H2,1-3H3/b5-4+,37-15?/t20-/m0/s1. The predicted molar refractivity (Wildman–Crippen MR) is 167 cm³/mol. The van der Waals surface area contributed by atoms with Crippen LogP contribution in [0.1, 0.15) is 34.4 Å². The predicted octanol–water partition coefficient (Wildman–Crippen LogP) is 3.52. The smallest absolute Gasteiger partial charge is 0.418 e. The summed E-state index contributed by atoms with van der Waals surface area (Å²) in [4.78, 5) is 28.6. The quantitative estimate of drug-likeness (QED) is 0.179. The van der Waals surface area contributed by atoms with E-state index in [0.717, 1.165) is 11.8 Å². The largest absolute Gasteiger partial charge is 0.462 e. The van der Waals surface area contributed by atoms with Crippen molar-refractivity contribution in [2.45, 2.75) is 44.5 Å². The van der Waals surface area contributed by atoms with Gasteiger partial charge in [-0.15, -0.1) is 0 Å². The molecule has 0 aliphatic carbocycles. The average Bonchev–Trinajstić information content (AvgIpc) is 3.28. The minimum Gasteiger partial charge on any atom is -0.462 e. The third kappa shape index (κ3) is 7.43. The van der Waals surface area contributed by atoms with Crippen LogP contribution in [0, 0.1) is 12.3 Å². The number of methoxy groups -OCH3 is 1. The number of likely N-dealkylation sites (N-methyl/N-ethyl adjacent to an activating group) is 1. The summed E-state index contributed by atoms with van der Waals surface area (Å²) in [6.45, 7) is 2.92. The van der Waals surface area contributed by atoms with Crippen molar-refractivity contribution in [3.63, 3.8) is 0 Å². The zero-order valence-electron chi connectivity index (χ0n) is 26.5. The van der Waals surface area contributed by atoms with E-state index in [1.54, 1.807) is 18.0 Å². The van der Waals surface area contributed by atoms with E-state index < -0.39 is 30.2 Å². The van der Waals surface area contributed by atoms with Gasteiger partial charge in [-0.25, -0.2) is 8.78 Å². The number of likely N-dealkylation sites (tertiary alicyclic amines) is 1. The number of benzene rings is 1. The monoisotopic (exact) mass is 666 g/mol. The molecule has 2 saturated heterocycles. The van der Waals surface area contributed by atoms with Gasteiger partial charge in [0, 0.05) is 81.4 Å². The molecule has 3 N–H and O–H groups in total. The second-order valence-corrected chi connectivity index (χ2v) is 12.1. The zero-order valence-corrected chi connectivity index (χ0v) is 26.5. The molecule has 3 aliphatic rings. The number of nitrogens with two attached hydrogens (primary N) is 1. The molecule has 2 aromatic rings. The Kier molecular flexibility index (Phi) is 9.91. The van der Waals surface area contributed by atoms with Crippen molar-refractivity contribution < 1.29 is 36.2 Å². The van der Waals surface area contributed by atoms with Crippen LogP contribution < -0.4 is 20.3 Å². The number of nitrogen functional groups attached to an aromatic ring is 1. The lowest BCUT2D eigenvalue weighted by molar-refractivity contribution is -0.137. The van der Waals surface area contributed by atoms with Crippen molar-refractivity contribution >= 4 is 29.3 Å². The van der Waals surface area contributed by atoms with Gasteiger partial charge in [0.1, 0.15) is 12.4 Å². The highest BCUT2D eigenvalue weighted by molar-refractivity contribution is 5.95. The number of amides is 1. The van der Waals surface area contributed by atoms with Crippen molar-refractivity contribution in [1.82, 2.24) is 19.8 Å². The Morgan fingerprint density at radius 2 is 1.89 bits per heavy atom. The summed E-state index contributed by atoms with van der Waals surface area (Å²) in [6, 6.07) is 0.570. The van der Waals surface area contributed by atoms with Crippen LogP contribution in [0.3, 0.4) is 0 Å². The maximum Gasteiger partial charge on any atom is 0.418 e. The van der Waals surface area contributed by atoms with Crippen LogP contribution in [-0.2, 0) is 28.7 Å². The number of carbonyl (C=O) groups excluding carboxylic acids is 1. The van der Waals surface area contributed by atoms with E-state index >= 15 is 0 Å². The normalized spacial score (nSPS) is 20.2. The Balaban J connectivity index is 1.47. The van der Waals surface area contributed by atoms with Gasteiger partial charge in [0.15, 0.2) is 0 Å². The van der Waals surface area contributed by atoms with Crippen LogP contribution >= 0.6 is 0 Å². The fourth-order valence-electron chi connectivity index (χ4n) is 6.49. The number of alkyl halides is 5. The average molecular weight is 667 g/mol. The van der Waals surface area contributed by atoms with E-state index in [1.165, 1.54) is 36.0 Å². The van der Waals surface area contributed by atoms with Crippen molar-refractivity contribution in [2.75, 3.05) is 82.2 Å². The number of ether oxygens (including phenoxy) is 2. The van der Waals surface area contributed by atoms with Crippen LogP contribution in [0.25, 0.3) is 0 Å². The molecule has 5 rings (SSSR count). The van der Waals surface area contributed by atoms with Crippen molar-refractivity contribution in [1.29, 1.82) is 5.41 Å². The summed E-state index contributed by atoms with van der Waals surface area (Å²) in [7, 11) is 3.12. The molecular formula is C31H39F5N8O3. The fraction of sp³-hybridized carbons (Fsp3) is 0.548. The lowest BCUT2D eigenvalue weighted by Crippen LogP contribution is -2.49. The Morgan fingerprint density at radius 3 is 2.51 bits per heavy atom. The van der Waals surface area contributed by atoms with Gasteiger partial charge in [0.2, 0.25) is 5.91 Å². The van der Waals surface area contributed by atoms with Gasteiger partial charge in [0.05, 0.1) is 36.6 Å². The number of hydrogen-bond acceptors (Lipinski definition) is 10. The number of aromatic nitrogens is 2. The number of nitrogens with zero attached hydrogens (tertiary/aromatic N) is 6. The molecular weight excluding hydrogens is 627 g/mol. The third-order valence-electron chi connectivity index (χ3n) is 8.79. The number of carbonyl (C=O) groups is 1. The summed E-state index contributed by atoms with van der Waals surface area (Å²) in [5.74, 6) is -2.47. The number of piperazine rings is 1. The molecule has 1 atom stereocenters. The van der Waals surface area contributed by atoms with Crippen LogP contribution in [0.5, 0.6) is 6.01 Å². The van der Waals surface area contributed by atoms with Gasteiger partial charge in [-0.3, -0.25) is 9.69 Å². The Morgan fingerprint density at radius 1 is 1.17 bits per heavy atom. The molecule has 0 radical (unpaired) electrons. The van der Waals surface area contributed by atoms with Crippen molar-refractivity contribution in [3.05, 3.63) is 46.2 Å². The molecule has 256 valence electrons. The van der Waals surface area contributed by atoms with E-state index in [9.17, 15) is 26.7 Å². The highest BCUT2D eigenvalue weighted by atomic mass is 19.4. The number of halogens is 5. The first kappa shape index (κ1) is 34.3. The number of nitrogens with one attached hydrogen (secondary N) is 1. The third-order valence-corrected chi connectivity index (χ3v) is 8.79. The molecule has 11 nitrogen and oxygen atoms in total. The van der Waals surface area contributed by atoms with Gasteiger partial charge < -0.3 is 35.3 Å². The highest BCUT2D eigenvalue weighted by Crippen LogP contribution is 2.44. The van der Waals surface area contributed by atoms with E-state index in [2.05, 4.69) is 9.97 Å². The van der Waals surface area contributed by atoms with Crippen LogP contribution in [0.2, 0.25) is 0 Å². The number of aryl methyl sites for hydroxylation is 1. The summed E-state index contributed by atoms with van der Waals surface area (Å²) in [5.41, 5.74) is 6.14. The molecule has 16 heteroatoms. The number of anilines is 3. The molecule has 3 aliphatic heterocycles. The minimum absolute atomic E-state index is 0.0392. The molecule has 0 unspecified atom stereocenters. The minimum atomic E-state index is -4.71. The van der Waals surface area contributed by atoms with Crippen LogP contribution in [0.15, 0.2) is 18.2 Å². The van der Waals surface area contributed by atoms with Gasteiger partial charge in [-0.05, 0) is 32.0 Å². The van der Waals surface area contributed by atoms with Gasteiger partial charge in [-0.1, -0.05) is 6.08 Å². The molecule has 1 aromatic carbocycles. The summed E-state index contributed by atoms with van der Waals surface area (Å²) >= 11 is 0. The Labute approximate surface area is 269 Å². The molecule has 47 heavy (non-hydrogen) atoms. The molecule has 1 amide bonds. The first-order chi connectivity index (χ1) is 22.2. The Hall–Kier alpha value is -4.05. The van der Waals surface area contributed by atoms with E-state index in [1.807, 2.05) is 4.90 Å². The van der Waals surface area contributed by atoms with Crippen LogP contribution in [-0.4, -0.2) is 110 Å². The van der Waals surface area contributed by atoms with Gasteiger partial charge in [-0.2, -0.15) is 23.1 Å². The first-order valence-electron chi connectivity index (χ1n) is 15.3. The van der Waals surface area contributed by atoms with Crippen LogP contribution in [0.4, 0.5) is 39.1 Å². The van der Waals surface area contributed by atoms with Crippen molar-refractivity contribution in [2.24, 2.45) is 0 Å². The van der Waals surface area contributed by atoms with E-state index in [0.29, 0.717) is 44.3 Å². The topological polar surface area (TPSA) is 124 Å². The molecule has 0 spiro atoms. The lowest BCUT2D eigenvalue weighted by Gasteiger charge is -2.38. The summed E-state index contributed by atoms with van der Waals surface area (Å²) < 4.78 is 82.1. The number of hydrogen-bond donors (Lipinski definition) is 2. The highest BCUT2D eigenvalue weighted by Gasteiger charge is 2.44. The second kappa shape index (κ2) is 13.6. The summed E-state index contributed by atoms with van der Waals surface area (Å²) in [6.07, 6.45) is -0.880. The fourth-order valence-corrected chi connectivity index (χ4v) is 6.49. The number of fused-ring (bicyclic) bond motifs is 1.